The summed E-state index contributed by atoms with van der Waals surface area (Å²) in [5.41, 5.74) is 1.35. The van der Waals surface area contributed by atoms with Gasteiger partial charge in [-0.05, 0) is 44.4 Å². The summed E-state index contributed by atoms with van der Waals surface area (Å²) in [5.74, 6) is -0.136. The van der Waals surface area contributed by atoms with Crippen molar-refractivity contribution in [1.82, 2.24) is 0 Å². The van der Waals surface area contributed by atoms with Gasteiger partial charge in [0.2, 0.25) is 0 Å². The standard InChI is InChI=1S/C16H19ClN2O2/c1-2-21-16(20)12-4-3-5-13(9-12)19-15-7-6-11(10-18)8-14(15)17/h6-8,12-13,19H,2-5,9H2,1H3. The molecule has 0 spiro atoms. The van der Waals surface area contributed by atoms with Gasteiger partial charge in [0.05, 0.1) is 34.9 Å². The highest BCUT2D eigenvalue weighted by molar-refractivity contribution is 6.33. The fraction of sp³-hybridized carbons (Fsp3) is 0.500. The van der Waals surface area contributed by atoms with Crippen LogP contribution in [0.25, 0.3) is 0 Å². The van der Waals surface area contributed by atoms with Gasteiger partial charge in [0.25, 0.3) is 0 Å². The summed E-state index contributed by atoms with van der Waals surface area (Å²) < 4.78 is 5.11. The van der Waals surface area contributed by atoms with Crippen molar-refractivity contribution >= 4 is 23.3 Å². The third kappa shape index (κ3) is 4.12. The Kier molecular flexibility index (Phi) is 5.46. The average Bonchev–Trinajstić information content (AvgIpc) is 2.50. The summed E-state index contributed by atoms with van der Waals surface area (Å²) in [4.78, 5) is 11.8. The lowest BCUT2D eigenvalue weighted by molar-refractivity contribution is -0.149. The molecule has 0 radical (unpaired) electrons. The highest BCUT2D eigenvalue weighted by Gasteiger charge is 2.28. The number of carbonyl (C=O) groups excluding carboxylic acids is 1. The van der Waals surface area contributed by atoms with Crippen LogP contribution in [0, 0.1) is 17.2 Å². The van der Waals surface area contributed by atoms with E-state index in [2.05, 4.69) is 11.4 Å². The van der Waals surface area contributed by atoms with Crippen molar-refractivity contribution in [3.05, 3.63) is 28.8 Å². The van der Waals surface area contributed by atoms with E-state index in [9.17, 15) is 4.79 Å². The summed E-state index contributed by atoms with van der Waals surface area (Å²) in [6, 6.07) is 7.47. The van der Waals surface area contributed by atoms with E-state index in [4.69, 9.17) is 21.6 Å². The minimum atomic E-state index is -0.102. The number of halogens is 1. The molecule has 0 bridgehead atoms. The highest BCUT2D eigenvalue weighted by atomic mass is 35.5. The molecule has 0 saturated heterocycles. The summed E-state index contributed by atoms with van der Waals surface area (Å²) in [6.45, 7) is 2.25. The lowest BCUT2D eigenvalue weighted by atomic mass is 9.85. The zero-order chi connectivity index (χ0) is 15.2. The van der Waals surface area contributed by atoms with E-state index < -0.39 is 0 Å². The Hall–Kier alpha value is -1.73. The van der Waals surface area contributed by atoms with E-state index in [1.807, 2.05) is 13.0 Å². The smallest absolute Gasteiger partial charge is 0.308 e. The normalized spacial score (nSPS) is 21.4. The first-order valence-corrected chi connectivity index (χ1v) is 7.64. The first-order chi connectivity index (χ1) is 10.1. The van der Waals surface area contributed by atoms with Crippen LogP contribution in [0.5, 0.6) is 0 Å². The number of nitriles is 1. The maximum absolute atomic E-state index is 11.8. The van der Waals surface area contributed by atoms with Gasteiger partial charge >= 0.3 is 5.97 Å². The number of carbonyl (C=O) groups is 1. The van der Waals surface area contributed by atoms with E-state index >= 15 is 0 Å². The molecule has 1 N–H and O–H groups in total. The van der Waals surface area contributed by atoms with E-state index in [1.165, 1.54) is 0 Å². The SMILES string of the molecule is CCOC(=O)C1CCCC(Nc2ccc(C#N)cc2Cl)C1. The molecule has 1 aliphatic carbocycles. The first-order valence-electron chi connectivity index (χ1n) is 7.26. The molecule has 1 saturated carbocycles. The molecule has 1 aromatic carbocycles. The van der Waals surface area contributed by atoms with Crippen LogP contribution in [0.1, 0.15) is 38.2 Å². The molecular formula is C16H19ClN2O2. The molecule has 1 aliphatic rings. The fourth-order valence-corrected chi connectivity index (χ4v) is 2.95. The van der Waals surface area contributed by atoms with E-state index in [1.54, 1.807) is 12.1 Å². The van der Waals surface area contributed by atoms with Crippen LogP contribution in [0.4, 0.5) is 5.69 Å². The zero-order valence-electron chi connectivity index (χ0n) is 12.1. The second kappa shape index (κ2) is 7.33. The van der Waals surface area contributed by atoms with Gasteiger partial charge in [-0.2, -0.15) is 5.26 Å². The Morgan fingerprint density at radius 1 is 1.52 bits per heavy atom. The number of ether oxygens (including phenoxy) is 1. The van der Waals surface area contributed by atoms with Crippen molar-refractivity contribution in [2.24, 2.45) is 5.92 Å². The van der Waals surface area contributed by atoms with Crippen LogP contribution < -0.4 is 5.32 Å². The highest BCUT2D eigenvalue weighted by Crippen LogP contribution is 2.30. The molecule has 2 rings (SSSR count). The molecule has 4 nitrogen and oxygen atoms in total. The van der Waals surface area contributed by atoms with E-state index in [-0.39, 0.29) is 17.9 Å². The number of hydrogen-bond donors (Lipinski definition) is 1. The molecule has 112 valence electrons. The van der Waals surface area contributed by atoms with Crippen molar-refractivity contribution in [2.75, 3.05) is 11.9 Å². The number of rotatable bonds is 4. The van der Waals surface area contributed by atoms with Gasteiger partial charge in [0.15, 0.2) is 0 Å². The minimum Gasteiger partial charge on any atom is -0.466 e. The Labute approximate surface area is 130 Å². The predicted octanol–water partition coefficient (Wildman–Crippen LogP) is 3.75. The second-order valence-corrected chi connectivity index (χ2v) is 5.67. The van der Waals surface area contributed by atoms with Gasteiger partial charge in [0, 0.05) is 6.04 Å². The molecule has 0 aliphatic heterocycles. The van der Waals surface area contributed by atoms with Gasteiger partial charge in [0.1, 0.15) is 0 Å². The van der Waals surface area contributed by atoms with E-state index in [0.29, 0.717) is 17.2 Å². The predicted molar refractivity (Wildman–Crippen MR) is 82.2 cm³/mol. The number of nitrogens with zero attached hydrogens (tertiary/aromatic N) is 1. The summed E-state index contributed by atoms with van der Waals surface area (Å²) in [6.07, 6.45) is 3.65. The van der Waals surface area contributed by atoms with Crippen molar-refractivity contribution in [2.45, 2.75) is 38.6 Å². The molecule has 2 atom stereocenters. The molecule has 5 heteroatoms. The zero-order valence-corrected chi connectivity index (χ0v) is 12.8. The number of nitrogens with one attached hydrogen (secondary N) is 1. The topological polar surface area (TPSA) is 62.1 Å². The van der Waals surface area contributed by atoms with Crippen molar-refractivity contribution in [3.8, 4) is 6.07 Å². The molecule has 1 aromatic rings. The Bertz CT molecular complexity index is 554. The maximum Gasteiger partial charge on any atom is 0.308 e. The fourth-order valence-electron chi connectivity index (χ4n) is 2.72. The molecule has 2 unspecified atom stereocenters. The van der Waals surface area contributed by atoms with Crippen molar-refractivity contribution in [1.29, 1.82) is 5.26 Å². The van der Waals surface area contributed by atoms with Gasteiger partial charge in [-0.25, -0.2) is 0 Å². The van der Waals surface area contributed by atoms with Gasteiger partial charge < -0.3 is 10.1 Å². The largest absolute Gasteiger partial charge is 0.466 e. The third-order valence-corrected chi connectivity index (χ3v) is 4.06. The quantitative estimate of drug-likeness (QED) is 0.861. The lowest BCUT2D eigenvalue weighted by Gasteiger charge is -2.29. The third-order valence-electron chi connectivity index (χ3n) is 3.75. The summed E-state index contributed by atoms with van der Waals surface area (Å²) in [5, 5.41) is 12.8. The number of hydrogen-bond acceptors (Lipinski definition) is 4. The monoisotopic (exact) mass is 306 g/mol. The van der Waals surface area contributed by atoms with Gasteiger partial charge in [-0.3, -0.25) is 4.79 Å². The van der Waals surface area contributed by atoms with Crippen LogP contribution in [-0.4, -0.2) is 18.6 Å². The van der Waals surface area contributed by atoms with Crippen LogP contribution in [0.15, 0.2) is 18.2 Å². The van der Waals surface area contributed by atoms with Crippen LogP contribution in [-0.2, 0) is 9.53 Å². The van der Waals surface area contributed by atoms with Crippen molar-refractivity contribution in [3.63, 3.8) is 0 Å². The lowest BCUT2D eigenvalue weighted by Crippen LogP contribution is -2.32. The van der Waals surface area contributed by atoms with Crippen LogP contribution >= 0.6 is 11.6 Å². The second-order valence-electron chi connectivity index (χ2n) is 5.26. The first kappa shape index (κ1) is 15.7. The Balaban J connectivity index is 1.99. The van der Waals surface area contributed by atoms with Crippen LogP contribution in [0.2, 0.25) is 5.02 Å². The summed E-state index contributed by atoms with van der Waals surface area (Å²) >= 11 is 6.17. The van der Waals surface area contributed by atoms with Crippen molar-refractivity contribution < 1.29 is 9.53 Å². The minimum absolute atomic E-state index is 0.0339. The average molecular weight is 307 g/mol. The van der Waals surface area contributed by atoms with Gasteiger partial charge in [-0.15, -0.1) is 0 Å². The number of benzene rings is 1. The molecular weight excluding hydrogens is 288 g/mol. The molecule has 0 heterocycles. The number of anilines is 1. The maximum atomic E-state index is 11.8. The van der Waals surface area contributed by atoms with E-state index in [0.717, 1.165) is 31.4 Å². The van der Waals surface area contributed by atoms with Gasteiger partial charge in [-0.1, -0.05) is 18.0 Å². The molecule has 0 aromatic heterocycles. The summed E-state index contributed by atoms with van der Waals surface area (Å²) in [7, 11) is 0. The molecule has 0 amide bonds. The Morgan fingerprint density at radius 2 is 2.33 bits per heavy atom. The molecule has 21 heavy (non-hydrogen) atoms. The van der Waals surface area contributed by atoms with Crippen LogP contribution in [0.3, 0.4) is 0 Å². The number of esters is 1. The molecule has 1 fully saturated rings. The Morgan fingerprint density at radius 3 is 3.00 bits per heavy atom.